The van der Waals surface area contributed by atoms with Crippen molar-refractivity contribution in [3.63, 3.8) is 0 Å². The number of allylic oxidation sites excluding steroid dienone is 4. The number of hydrogen-bond acceptors (Lipinski definition) is 2. The van der Waals surface area contributed by atoms with Crippen molar-refractivity contribution in [1.82, 2.24) is 0 Å². The number of rotatable bonds is 3. The number of ketones is 1. The van der Waals surface area contributed by atoms with Gasteiger partial charge in [0.15, 0.2) is 5.78 Å². The third-order valence-corrected chi connectivity index (χ3v) is 7.77. The maximum absolute atomic E-state index is 11.7. The van der Waals surface area contributed by atoms with Crippen molar-refractivity contribution in [3.8, 4) is 6.07 Å². The summed E-state index contributed by atoms with van der Waals surface area (Å²) in [5, 5.41) is 9.80. The molecule has 0 bridgehead atoms. The van der Waals surface area contributed by atoms with Crippen LogP contribution in [-0.2, 0) is 4.79 Å². The van der Waals surface area contributed by atoms with Crippen molar-refractivity contribution in [2.45, 2.75) is 58.8 Å². The van der Waals surface area contributed by atoms with Crippen LogP contribution >= 0.6 is 0 Å². The Morgan fingerprint density at radius 1 is 1.38 bits per heavy atom. The average Bonchev–Trinajstić information content (AvgIpc) is 3.30. The Morgan fingerprint density at radius 2 is 2.21 bits per heavy atom. The van der Waals surface area contributed by atoms with Gasteiger partial charge in [-0.2, -0.15) is 5.26 Å². The van der Waals surface area contributed by atoms with E-state index in [0.717, 1.165) is 25.2 Å². The first kappa shape index (κ1) is 16.1. The summed E-state index contributed by atoms with van der Waals surface area (Å²) in [4.78, 5) is 11.7. The molecule has 0 aliphatic heterocycles. The van der Waals surface area contributed by atoms with E-state index in [4.69, 9.17) is 0 Å². The fourth-order valence-corrected chi connectivity index (χ4v) is 6.48. The van der Waals surface area contributed by atoms with E-state index in [1.54, 1.807) is 0 Å². The minimum atomic E-state index is 0.264. The van der Waals surface area contributed by atoms with Gasteiger partial charge in [0.2, 0.25) is 0 Å². The minimum absolute atomic E-state index is 0.264. The number of carbonyl (C=O) groups is 1. The van der Waals surface area contributed by atoms with Crippen LogP contribution in [0, 0.1) is 52.3 Å². The van der Waals surface area contributed by atoms with E-state index in [-0.39, 0.29) is 17.1 Å². The highest BCUT2D eigenvalue weighted by atomic mass is 16.1. The standard InChI is InChI=1S/C22H29NO/c1-3-22-10-9-14(2)17(8-7-15-5-4-6-16(24)11-15)21(22)19-12-18(19)20(22)13-23/h7-8,11,14,17-21H,3-6,9-10,12H2,1-2H3/b8-7-/t14-,17+,18-,19+,20-,21+,22+/m0/s1. The Bertz CT molecular complexity index is 639. The zero-order chi connectivity index (χ0) is 16.9. The average molecular weight is 323 g/mol. The summed E-state index contributed by atoms with van der Waals surface area (Å²) < 4.78 is 0. The van der Waals surface area contributed by atoms with E-state index in [1.807, 2.05) is 6.08 Å². The smallest absolute Gasteiger partial charge is 0.155 e. The van der Waals surface area contributed by atoms with Crippen molar-refractivity contribution in [2.75, 3.05) is 0 Å². The molecule has 0 aromatic rings. The molecule has 0 N–H and O–H groups in total. The zero-order valence-electron chi connectivity index (χ0n) is 15.0. The molecule has 0 saturated heterocycles. The molecule has 3 fully saturated rings. The number of nitrogens with zero attached hydrogens (tertiary/aromatic N) is 1. The highest BCUT2D eigenvalue weighted by Gasteiger charge is 2.69. The van der Waals surface area contributed by atoms with Gasteiger partial charge in [-0.15, -0.1) is 0 Å². The molecule has 2 heteroatoms. The Labute approximate surface area is 146 Å². The van der Waals surface area contributed by atoms with Crippen molar-refractivity contribution in [2.24, 2.45) is 40.9 Å². The number of fused-ring (bicyclic) bond motifs is 3. The summed E-state index contributed by atoms with van der Waals surface area (Å²) in [6, 6.07) is 2.71. The lowest BCUT2D eigenvalue weighted by Gasteiger charge is -2.49. The maximum Gasteiger partial charge on any atom is 0.155 e. The molecule has 0 aromatic carbocycles. The molecule has 0 unspecified atom stereocenters. The van der Waals surface area contributed by atoms with Gasteiger partial charge < -0.3 is 0 Å². The highest BCUT2D eigenvalue weighted by Crippen LogP contribution is 2.73. The predicted molar refractivity (Wildman–Crippen MR) is 94.9 cm³/mol. The van der Waals surface area contributed by atoms with Crippen LogP contribution in [0.25, 0.3) is 0 Å². The van der Waals surface area contributed by atoms with E-state index in [1.165, 1.54) is 24.8 Å². The molecule has 128 valence electrons. The summed E-state index contributed by atoms with van der Waals surface area (Å²) >= 11 is 0. The van der Waals surface area contributed by atoms with Gasteiger partial charge in [0.25, 0.3) is 0 Å². The SMILES string of the molecule is CC[C@]12CC[C@H](C)[C@@H](/C=C\C3=CC(=O)CCC3)[C@@H]1[C@@H]1C[C@@H]1[C@@H]2C#N. The molecule has 0 spiro atoms. The van der Waals surface area contributed by atoms with E-state index < -0.39 is 0 Å². The minimum Gasteiger partial charge on any atom is -0.295 e. The fourth-order valence-electron chi connectivity index (χ4n) is 6.48. The number of nitriles is 1. The van der Waals surface area contributed by atoms with Gasteiger partial charge in [-0.3, -0.25) is 4.79 Å². The second-order valence-corrected chi connectivity index (χ2v) is 8.77. The fraction of sp³-hybridized carbons (Fsp3) is 0.727. The Hall–Kier alpha value is -1.36. The van der Waals surface area contributed by atoms with Crippen LogP contribution < -0.4 is 0 Å². The molecule has 2 nitrogen and oxygen atoms in total. The number of carbonyl (C=O) groups excluding carboxylic acids is 1. The second-order valence-electron chi connectivity index (χ2n) is 8.77. The van der Waals surface area contributed by atoms with Crippen molar-refractivity contribution in [3.05, 3.63) is 23.8 Å². The molecule has 4 aliphatic carbocycles. The van der Waals surface area contributed by atoms with E-state index in [0.29, 0.717) is 30.1 Å². The van der Waals surface area contributed by atoms with Crippen molar-refractivity contribution >= 4 is 5.78 Å². The van der Waals surface area contributed by atoms with Crippen LogP contribution in [-0.4, -0.2) is 5.78 Å². The molecule has 0 amide bonds. The number of hydrogen-bond donors (Lipinski definition) is 0. The molecule has 3 saturated carbocycles. The van der Waals surface area contributed by atoms with Gasteiger partial charge in [-0.1, -0.05) is 26.0 Å². The topological polar surface area (TPSA) is 40.9 Å². The maximum atomic E-state index is 11.7. The third kappa shape index (κ3) is 2.32. The molecular weight excluding hydrogens is 294 g/mol. The summed E-state index contributed by atoms with van der Waals surface area (Å²) in [7, 11) is 0. The summed E-state index contributed by atoms with van der Waals surface area (Å²) in [6.07, 6.45) is 14.2. The Morgan fingerprint density at radius 3 is 2.92 bits per heavy atom. The largest absolute Gasteiger partial charge is 0.295 e. The second kappa shape index (κ2) is 5.87. The summed E-state index contributed by atoms with van der Waals surface area (Å²) in [5.74, 6) is 4.02. The molecule has 0 aromatic heterocycles. The van der Waals surface area contributed by atoms with Gasteiger partial charge in [0.1, 0.15) is 0 Å². The van der Waals surface area contributed by atoms with Crippen LogP contribution in [0.1, 0.15) is 58.8 Å². The molecule has 24 heavy (non-hydrogen) atoms. The van der Waals surface area contributed by atoms with Crippen LogP contribution in [0.5, 0.6) is 0 Å². The van der Waals surface area contributed by atoms with Gasteiger partial charge in [0, 0.05) is 6.42 Å². The predicted octanol–water partition coefficient (Wildman–Crippen LogP) is 5.07. The van der Waals surface area contributed by atoms with Gasteiger partial charge in [0.05, 0.1) is 12.0 Å². The van der Waals surface area contributed by atoms with Crippen LogP contribution in [0.4, 0.5) is 0 Å². The molecule has 0 heterocycles. The highest BCUT2D eigenvalue weighted by molar-refractivity contribution is 5.91. The Kier molecular flexibility index (Phi) is 3.94. The third-order valence-electron chi connectivity index (χ3n) is 7.77. The van der Waals surface area contributed by atoms with E-state index in [2.05, 4.69) is 32.1 Å². The van der Waals surface area contributed by atoms with Crippen LogP contribution in [0.3, 0.4) is 0 Å². The van der Waals surface area contributed by atoms with Crippen molar-refractivity contribution in [1.29, 1.82) is 5.26 Å². The normalized spacial score (nSPS) is 47.0. The lowest BCUT2D eigenvalue weighted by atomic mass is 9.54. The molecule has 4 aliphatic rings. The molecular formula is C22H29NO. The lowest BCUT2D eigenvalue weighted by Crippen LogP contribution is -2.43. The summed E-state index contributed by atoms with van der Waals surface area (Å²) in [5.41, 5.74) is 1.48. The monoisotopic (exact) mass is 323 g/mol. The quantitative estimate of drug-likeness (QED) is 0.727. The van der Waals surface area contributed by atoms with E-state index in [9.17, 15) is 10.1 Å². The van der Waals surface area contributed by atoms with E-state index >= 15 is 0 Å². The zero-order valence-corrected chi connectivity index (χ0v) is 15.0. The molecule has 0 radical (unpaired) electrons. The Balaban J connectivity index is 1.63. The lowest BCUT2D eigenvalue weighted by molar-refractivity contribution is -0.115. The van der Waals surface area contributed by atoms with Crippen LogP contribution in [0.15, 0.2) is 23.8 Å². The van der Waals surface area contributed by atoms with Gasteiger partial charge >= 0.3 is 0 Å². The van der Waals surface area contributed by atoms with Crippen LogP contribution in [0.2, 0.25) is 0 Å². The first-order valence-electron chi connectivity index (χ1n) is 9.92. The molecule has 4 rings (SSSR count). The van der Waals surface area contributed by atoms with Gasteiger partial charge in [-0.05, 0) is 85.2 Å². The first-order chi connectivity index (χ1) is 11.6. The van der Waals surface area contributed by atoms with Gasteiger partial charge in [-0.25, -0.2) is 0 Å². The molecule has 7 atom stereocenters. The van der Waals surface area contributed by atoms with Crippen molar-refractivity contribution < 1.29 is 4.79 Å². The first-order valence-corrected chi connectivity index (χ1v) is 9.92. The summed E-state index contributed by atoms with van der Waals surface area (Å²) in [6.45, 7) is 4.70.